The van der Waals surface area contributed by atoms with E-state index in [2.05, 4.69) is 59.0 Å². The lowest BCUT2D eigenvalue weighted by Gasteiger charge is -2.30. The van der Waals surface area contributed by atoms with Crippen LogP contribution < -0.4 is 10.6 Å². The highest BCUT2D eigenvalue weighted by Crippen LogP contribution is 2.33. The fraction of sp³-hybridized carbons (Fsp3) is 0.588. The van der Waals surface area contributed by atoms with Gasteiger partial charge >= 0.3 is 12.2 Å². The minimum Gasteiger partial charge on any atom is -0.453 e. The van der Waals surface area contributed by atoms with Gasteiger partial charge < -0.3 is 34.6 Å². The van der Waals surface area contributed by atoms with Crippen LogP contribution in [0.15, 0.2) is 12.4 Å². The van der Waals surface area contributed by atoms with Gasteiger partial charge in [0.15, 0.2) is 0 Å². The highest BCUT2D eigenvalue weighted by Gasteiger charge is 2.38. The number of likely N-dealkylation sites (tertiary alicyclic amines) is 2. The van der Waals surface area contributed by atoms with E-state index >= 15 is 0 Å². The summed E-state index contributed by atoms with van der Waals surface area (Å²) in [7, 11) is 2.56. The van der Waals surface area contributed by atoms with E-state index in [1.807, 2.05) is 27.7 Å². The number of methoxy groups -OCH3 is 2. The molecule has 2 saturated heterocycles. The molecule has 14 nitrogen and oxygen atoms in total. The van der Waals surface area contributed by atoms with Crippen molar-refractivity contribution in [1.82, 2.24) is 35.1 Å². The molecule has 48 heavy (non-hydrogen) atoms. The molecule has 0 bridgehead atoms. The second-order valence-electron chi connectivity index (χ2n) is 12.6. The van der Waals surface area contributed by atoms with E-state index in [1.54, 1.807) is 16.0 Å². The van der Waals surface area contributed by atoms with Crippen LogP contribution in [0.4, 0.5) is 15.4 Å². The number of hydrogen-bond acceptors (Lipinski definition) is 8. The maximum Gasteiger partial charge on any atom is 0.412 e. The summed E-state index contributed by atoms with van der Waals surface area (Å²) in [5.74, 6) is 12.8. The van der Waals surface area contributed by atoms with E-state index in [4.69, 9.17) is 4.74 Å². The summed E-state index contributed by atoms with van der Waals surface area (Å²) in [6.45, 7) is 8.89. The average molecular weight is 663 g/mol. The summed E-state index contributed by atoms with van der Waals surface area (Å²) in [5, 5.41) is 5.22. The Morgan fingerprint density at radius 3 is 2.12 bits per heavy atom. The number of rotatable bonds is 10. The number of hydrogen-bond donors (Lipinski definition) is 4. The van der Waals surface area contributed by atoms with Gasteiger partial charge in [0.1, 0.15) is 29.4 Å². The minimum atomic E-state index is -0.688. The molecular formula is C34H46N8O6. The van der Waals surface area contributed by atoms with Crippen molar-refractivity contribution in [2.75, 3.05) is 32.6 Å². The minimum absolute atomic E-state index is 0.0151. The number of aromatic amines is 2. The summed E-state index contributed by atoms with van der Waals surface area (Å²) in [6, 6.07) is -1.12. The van der Waals surface area contributed by atoms with Gasteiger partial charge in [-0.2, -0.15) is 0 Å². The Kier molecular flexibility index (Phi) is 12.5. The van der Waals surface area contributed by atoms with Crippen LogP contribution in [-0.4, -0.2) is 87.1 Å². The summed E-state index contributed by atoms with van der Waals surface area (Å²) >= 11 is 0. The number of H-pyrrole nitrogens is 2. The van der Waals surface area contributed by atoms with Crippen LogP contribution in [0.3, 0.4) is 0 Å². The molecule has 4 amide bonds. The van der Waals surface area contributed by atoms with E-state index in [9.17, 15) is 19.2 Å². The number of aromatic nitrogens is 4. The summed E-state index contributed by atoms with van der Waals surface area (Å²) < 4.78 is 9.34. The largest absolute Gasteiger partial charge is 0.453 e. The van der Waals surface area contributed by atoms with Crippen molar-refractivity contribution in [3.8, 4) is 23.7 Å². The number of carbonyl (C=O) groups is 4. The van der Waals surface area contributed by atoms with Gasteiger partial charge in [0.2, 0.25) is 11.8 Å². The molecule has 2 aliphatic heterocycles. The zero-order chi connectivity index (χ0) is 34.8. The Bertz CT molecular complexity index is 1570. The van der Waals surface area contributed by atoms with E-state index in [1.165, 1.54) is 20.4 Å². The van der Waals surface area contributed by atoms with Gasteiger partial charge in [0.05, 0.1) is 32.5 Å². The molecule has 0 radical (unpaired) electrons. The zero-order valence-electron chi connectivity index (χ0n) is 28.5. The van der Waals surface area contributed by atoms with Crippen molar-refractivity contribution >= 4 is 29.8 Å². The van der Waals surface area contributed by atoms with Gasteiger partial charge in [0.25, 0.3) is 0 Å². The zero-order valence-corrected chi connectivity index (χ0v) is 28.5. The van der Waals surface area contributed by atoms with E-state index < -0.39 is 24.1 Å². The van der Waals surface area contributed by atoms with E-state index in [-0.39, 0.29) is 35.7 Å². The van der Waals surface area contributed by atoms with Crippen molar-refractivity contribution in [2.24, 2.45) is 17.8 Å². The van der Waals surface area contributed by atoms with Gasteiger partial charge in [-0.25, -0.2) is 19.6 Å². The van der Waals surface area contributed by atoms with Crippen molar-refractivity contribution in [3.63, 3.8) is 0 Å². The van der Waals surface area contributed by atoms with E-state index in [0.29, 0.717) is 43.4 Å². The fourth-order valence-electron chi connectivity index (χ4n) is 6.02. The van der Waals surface area contributed by atoms with Crippen molar-refractivity contribution in [1.29, 1.82) is 0 Å². The average Bonchev–Trinajstić information content (AvgIpc) is 3.88. The van der Waals surface area contributed by atoms with Crippen molar-refractivity contribution in [2.45, 2.75) is 84.3 Å². The molecule has 2 aromatic rings. The van der Waals surface area contributed by atoms with Crippen LogP contribution in [0.25, 0.3) is 0 Å². The first-order valence-electron chi connectivity index (χ1n) is 16.4. The summed E-state index contributed by atoms with van der Waals surface area (Å²) in [4.78, 5) is 69.3. The molecule has 4 N–H and O–H groups in total. The number of carbonyl (C=O) groups excluding carboxylic acids is 4. The molecule has 0 spiro atoms. The molecule has 2 fully saturated rings. The molecule has 0 aliphatic carbocycles. The molecule has 4 atom stereocenters. The van der Waals surface area contributed by atoms with Gasteiger partial charge in [-0.05, 0) is 49.4 Å². The predicted octanol–water partition coefficient (Wildman–Crippen LogP) is 3.93. The van der Waals surface area contributed by atoms with E-state index in [0.717, 1.165) is 31.4 Å². The number of amides is 4. The van der Waals surface area contributed by atoms with Gasteiger partial charge in [-0.3, -0.25) is 14.9 Å². The second kappa shape index (κ2) is 16.7. The third-order valence-corrected chi connectivity index (χ3v) is 8.59. The van der Waals surface area contributed by atoms with Crippen molar-refractivity contribution in [3.05, 3.63) is 29.7 Å². The molecule has 258 valence electrons. The number of nitrogens with zero attached hydrogens (tertiary/aromatic N) is 4. The molecule has 2 aliphatic rings. The van der Waals surface area contributed by atoms with Gasteiger partial charge in [-0.1, -0.05) is 39.5 Å². The van der Waals surface area contributed by atoms with Crippen LogP contribution >= 0.6 is 0 Å². The van der Waals surface area contributed by atoms with Gasteiger partial charge in [0, 0.05) is 37.8 Å². The Labute approximate surface area is 281 Å². The molecule has 0 saturated carbocycles. The molecule has 4 heterocycles. The quantitative estimate of drug-likeness (QED) is 0.277. The molecule has 0 aromatic carbocycles. The summed E-state index contributed by atoms with van der Waals surface area (Å²) in [5.41, 5.74) is 0.901. The van der Waals surface area contributed by atoms with Crippen LogP contribution in [0, 0.1) is 41.4 Å². The number of alkyl carbamates (subject to hydrolysis) is 1. The molecule has 2 aromatic heterocycles. The lowest BCUT2D eigenvalue weighted by Crippen LogP contribution is -2.51. The number of aryl methyl sites for hydroxylation is 1. The Morgan fingerprint density at radius 1 is 0.875 bits per heavy atom. The Morgan fingerprint density at radius 2 is 1.50 bits per heavy atom. The number of imidazole rings is 2. The molecule has 4 rings (SSSR count). The standard InChI is InChI=1S/C34H46N8O6/c1-21(2)24(31(43)41-17-11-16-26(41)30-36-20-27(38-30)39-33(45)47-5)14-10-8-7-9-13-23-19-35-29(37-23)25-15-12-18-42(25)32(44)28(22(3)4)40-34(46)48-6/h19-22,24-26,28H,9,11-13,15-18H2,1-6H3,(H,35,37)(H,36,38)(H,39,45)(H,40,46)/t24-,25?,26+,28?/m0/s1. The smallest absolute Gasteiger partial charge is 0.412 e. The van der Waals surface area contributed by atoms with Crippen LogP contribution in [-0.2, 0) is 25.5 Å². The Hall–Kier alpha value is -4.98. The second-order valence-corrected chi connectivity index (χ2v) is 12.6. The topological polar surface area (TPSA) is 175 Å². The first-order chi connectivity index (χ1) is 23.0. The number of ether oxygens (including phenoxy) is 2. The highest BCUT2D eigenvalue weighted by molar-refractivity contribution is 5.86. The SMILES string of the molecule is COC(=O)Nc1cnc([C@H]2CCCN2C(=O)[C@@H](C#CC#CCCc2cnc(C3CCCN3C(=O)C(NC(=O)OC)C(C)C)[nH]2)C(C)C)[nH]1. The first-order valence-corrected chi connectivity index (χ1v) is 16.4. The van der Waals surface area contributed by atoms with Crippen LogP contribution in [0.1, 0.15) is 89.2 Å². The third-order valence-electron chi connectivity index (χ3n) is 8.59. The van der Waals surface area contributed by atoms with Crippen LogP contribution in [0.2, 0.25) is 0 Å². The highest BCUT2D eigenvalue weighted by atomic mass is 16.5. The maximum absolute atomic E-state index is 13.6. The Balaban J connectivity index is 1.33. The normalized spacial score (nSPS) is 18.4. The monoisotopic (exact) mass is 662 g/mol. The third kappa shape index (κ3) is 8.88. The van der Waals surface area contributed by atoms with Crippen molar-refractivity contribution < 1.29 is 28.7 Å². The first kappa shape index (κ1) is 35.9. The molecule has 2 unspecified atom stereocenters. The molecular weight excluding hydrogens is 616 g/mol. The summed E-state index contributed by atoms with van der Waals surface area (Å²) in [6.07, 6.45) is 6.41. The number of anilines is 1. The maximum atomic E-state index is 13.6. The fourth-order valence-corrected chi connectivity index (χ4v) is 6.02. The van der Waals surface area contributed by atoms with Crippen LogP contribution in [0.5, 0.6) is 0 Å². The van der Waals surface area contributed by atoms with Gasteiger partial charge in [-0.15, -0.1) is 0 Å². The predicted molar refractivity (Wildman–Crippen MR) is 177 cm³/mol. The lowest BCUT2D eigenvalue weighted by molar-refractivity contribution is -0.136. The molecule has 14 heteroatoms. The number of nitrogens with one attached hydrogen (secondary N) is 4. The lowest BCUT2D eigenvalue weighted by atomic mass is 9.94.